The van der Waals surface area contributed by atoms with Crippen LogP contribution in [0, 0.1) is 0 Å². The predicted octanol–water partition coefficient (Wildman–Crippen LogP) is 0.655. The Morgan fingerprint density at radius 3 is 2.70 bits per heavy atom. The molecule has 0 aliphatic rings. The van der Waals surface area contributed by atoms with E-state index in [0.717, 1.165) is 0 Å². The van der Waals surface area contributed by atoms with Gasteiger partial charge in [-0.2, -0.15) is 0 Å². The Bertz CT molecular complexity index is 109. The van der Waals surface area contributed by atoms with Gasteiger partial charge in [0, 0.05) is 6.61 Å². The highest BCUT2D eigenvalue weighted by Crippen LogP contribution is 1.90. The lowest BCUT2D eigenvalue weighted by Gasteiger charge is -2.09. The van der Waals surface area contributed by atoms with Gasteiger partial charge >= 0.3 is 15.3 Å². The molecule has 0 aromatic heterocycles. The predicted molar refractivity (Wildman–Crippen MR) is 41.5 cm³/mol. The molecule has 0 aromatic rings. The lowest BCUT2D eigenvalue weighted by molar-refractivity contribution is -0.133. The van der Waals surface area contributed by atoms with Crippen LogP contribution in [-0.4, -0.2) is 27.7 Å². The van der Waals surface area contributed by atoms with E-state index in [9.17, 15) is 4.79 Å². The van der Waals surface area contributed by atoms with Crippen molar-refractivity contribution < 1.29 is 13.6 Å². The zero-order valence-corrected chi connectivity index (χ0v) is 8.00. The molecule has 0 aliphatic carbocycles. The van der Waals surface area contributed by atoms with Crippen LogP contribution in [0.5, 0.6) is 0 Å². The molecule has 0 bridgehead atoms. The van der Waals surface area contributed by atoms with Gasteiger partial charge in [0.05, 0.1) is 0 Å². The summed E-state index contributed by atoms with van der Waals surface area (Å²) in [7, 11) is -1.71. The third-order valence-corrected chi connectivity index (χ3v) is 2.42. The van der Waals surface area contributed by atoms with Crippen molar-refractivity contribution in [2.24, 2.45) is 0 Å². The quantitative estimate of drug-likeness (QED) is 0.473. The lowest BCUT2D eigenvalue weighted by Crippen LogP contribution is -2.23. The molecule has 0 radical (unpaired) electrons. The fourth-order valence-electron chi connectivity index (χ4n) is 0.485. The topological polar surface area (TPSA) is 35.5 Å². The molecule has 5 heteroatoms. The fourth-order valence-corrected chi connectivity index (χ4v) is 1.64. The molecular weight excluding hydrogens is 172 g/mol. The summed E-state index contributed by atoms with van der Waals surface area (Å²) < 4.78 is 9.84. The first kappa shape index (κ1) is 9.94. The standard InChI is InChI=1S/C5H11ClO3Si/c1-3-8-10(2)9-5(7)4-6/h10H,3-4H2,1-2H3. The molecule has 0 saturated heterocycles. The third kappa shape index (κ3) is 4.78. The molecule has 0 heterocycles. The summed E-state index contributed by atoms with van der Waals surface area (Å²) in [5.41, 5.74) is 0. The Balaban J connectivity index is 3.37. The van der Waals surface area contributed by atoms with E-state index in [1.54, 1.807) is 6.55 Å². The van der Waals surface area contributed by atoms with Crippen LogP contribution in [0.2, 0.25) is 6.55 Å². The normalized spacial score (nSPS) is 12.7. The fraction of sp³-hybridized carbons (Fsp3) is 0.800. The number of rotatable bonds is 4. The number of carbonyl (C=O) groups excluding carboxylic acids is 1. The number of carbonyl (C=O) groups is 1. The zero-order chi connectivity index (χ0) is 7.98. The van der Waals surface area contributed by atoms with Crippen LogP contribution < -0.4 is 0 Å². The van der Waals surface area contributed by atoms with Crippen molar-refractivity contribution >= 4 is 26.9 Å². The van der Waals surface area contributed by atoms with E-state index in [4.69, 9.17) is 20.5 Å². The molecule has 0 rings (SSSR count). The molecule has 0 fully saturated rings. The average molecular weight is 183 g/mol. The maximum Gasteiger partial charge on any atom is 0.382 e. The summed E-state index contributed by atoms with van der Waals surface area (Å²) in [5, 5.41) is 0. The van der Waals surface area contributed by atoms with Crippen LogP contribution in [0.15, 0.2) is 0 Å². The molecule has 0 amide bonds. The van der Waals surface area contributed by atoms with Crippen LogP contribution in [0.1, 0.15) is 6.92 Å². The molecule has 0 aromatic carbocycles. The van der Waals surface area contributed by atoms with Crippen molar-refractivity contribution in [2.45, 2.75) is 13.5 Å². The van der Waals surface area contributed by atoms with Crippen molar-refractivity contribution in [1.29, 1.82) is 0 Å². The van der Waals surface area contributed by atoms with Gasteiger partial charge in [0.1, 0.15) is 5.88 Å². The summed E-state index contributed by atoms with van der Waals surface area (Å²) in [6, 6.07) is 0. The van der Waals surface area contributed by atoms with Crippen LogP contribution in [0.4, 0.5) is 0 Å². The van der Waals surface area contributed by atoms with Crippen molar-refractivity contribution in [1.82, 2.24) is 0 Å². The minimum Gasteiger partial charge on any atom is -0.496 e. The smallest absolute Gasteiger partial charge is 0.382 e. The Kier molecular flexibility index (Phi) is 5.67. The van der Waals surface area contributed by atoms with Gasteiger partial charge < -0.3 is 8.85 Å². The maximum atomic E-state index is 10.5. The second-order valence-corrected chi connectivity index (χ2v) is 3.62. The number of hydrogen-bond donors (Lipinski definition) is 0. The van der Waals surface area contributed by atoms with Crippen molar-refractivity contribution in [3.63, 3.8) is 0 Å². The maximum absolute atomic E-state index is 10.5. The van der Waals surface area contributed by atoms with E-state index < -0.39 is 15.3 Å². The first-order valence-electron chi connectivity index (χ1n) is 3.07. The highest BCUT2D eigenvalue weighted by atomic mass is 35.5. The summed E-state index contributed by atoms with van der Waals surface area (Å²) in [5.74, 6) is -0.487. The molecule has 1 unspecified atom stereocenters. The molecule has 60 valence electrons. The Morgan fingerprint density at radius 2 is 2.30 bits per heavy atom. The van der Waals surface area contributed by atoms with Gasteiger partial charge in [-0.15, -0.1) is 11.6 Å². The summed E-state index contributed by atoms with van der Waals surface area (Å²) in [4.78, 5) is 10.5. The van der Waals surface area contributed by atoms with Crippen LogP contribution in [0.25, 0.3) is 0 Å². The second-order valence-electron chi connectivity index (χ2n) is 1.65. The average Bonchev–Trinajstić information content (AvgIpc) is 1.88. The SMILES string of the molecule is CCO[SiH](C)OC(=O)CCl. The largest absolute Gasteiger partial charge is 0.496 e. The molecule has 1 atom stereocenters. The van der Waals surface area contributed by atoms with Gasteiger partial charge in [-0.3, -0.25) is 4.79 Å². The highest BCUT2D eigenvalue weighted by Gasteiger charge is 2.09. The first-order chi connectivity index (χ1) is 4.70. The van der Waals surface area contributed by atoms with E-state index in [1.807, 2.05) is 6.92 Å². The van der Waals surface area contributed by atoms with Gasteiger partial charge in [-0.25, -0.2) is 0 Å². The van der Waals surface area contributed by atoms with Gasteiger partial charge in [0.15, 0.2) is 0 Å². The van der Waals surface area contributed by atoms with E-state index >= 15 is 0 Å². The zero-order valence-electron chi connectivity index (χ0n) is 6.09. The Hall–Kier alpha value is -0.0631. The van der Waals surface area contributed by atoms with Gasteiger partial charge in [0.2, 0.25) is 0 Å². The molecule has 0 N–H and O–H groups in total. The third-order valence-electron chi connectivity index (χ3n) is 0.808. The minimum absolute atomic E-state index is 0.0928. The number of hydrogen-bond acceptors (Lipinski definition) is 3. The van der Waals surface area contributed by atoms with E-state index in [-0.39, 0.29) is 5.88 Å². The molecule has 10 heavy (non-hydrogen) atoms. The molecular formula is C5H11ClO3Si. The second kappa shape index (κ2) is 5.70. The molecule has 0 aliphatic heterocycles. The Morgan fingerprint density at radius 1 is 1.70 bits per heavy atom. The van der Waals surface area contributed by atoms with Gasteiger partial charge in [-0.1, -0.05) is 0 Å². The van der Waals surface area contributed by atoms with E-state index in [0.29, 0.717) is 6.61 Å². The Labute approximate surface area is 67.1 Å². The van der Waals surface area contributed by atoms with Crippen LogP contribution in [0.3, 0.4) is 0 Å². The van der Waals surface area contributed by atoms with Gasteiger partial charge in [-0.05, 0) is 13.5 Å². The molecule has 0 spiro atoms. The molecule has 0 saturated carbocycles. The van der Waals surface area contributed by atoms with Crippen molar-refractivity contribution in [3.05, 3.63) is 0 Å². The summed E-state index contributed by atoms with van der Waals surface area (Å²) >= 11 is 5.19. The summed E-state index contributed by atoms with van der Waals surface area (Å²) in [6.07, 6.45) is 0. The van der Waals surface area contributed by atoms with Crippen molar-refractivity contribution in [2.75, 3.05) is 12.5 Å². The van der Waals surface area contributed by atoms with E-state index in [1.165, 1.54) is 0 Å². The summed E-state index contributed by atoms with van der Waals surface area (Å²) in [6.45, 7) is 4.23. The van der Waals surface area contributed by atoms with Crippen LogP contribution >= 0.6 is 11.6 Å². The highest BCUT2D eigenvalue weighted by molar-refractivity contribution is 6.46. The lowest BCUT2D eigenvalue weighted by atomic mass is 10.8. The first-order valence-corrected chi connectivity index (χ1v) is 5.71. The number of alkyl halides is 1. The van der Waals surface area contributed by atoms with Crippen molar-refractivity contribution in [3.8, 4) is 0 Å². The van der Waals surface area contributed by atoms with Crippen LogP contribution in [-0.2, 0) is 13.6 Å². The van der Waals surface area contributed by atoms with E-state index in [2.05, 4.69) is 0 Å². The minimum atomic E-state index is -1.71. The monoisotopic (exact) mass is 182 g/mol. The number of halogens is 1. The molecule has 3 nitrogen and oxygen atoms in total. The van der Waals surface area contributed by atoms with Gasteiger partial charge in [0.25, 0.3) is 0 Å².